The molecule has 1 aliphatic rings. The average molecular weight is 586 g/mol. The second kappa shape index (κ2) is 13.6. The minimum Gasteiger partial charge on any atom is -0.491 e. The molecule has 2 unspecified atom stereocenters. The average Bonchev–Trinajstić information content (AvgIpc) is 3.71. The summed E-state index contributed by atoms with van der Waals surface area (Å²) in [4.78, 5) is 44.7. The normalized spacial score (nSPS) is 16.3. The number of amides is 3. The molecule has 13 heteroatoms. The summed E-state index contributed by atoms with van der Waals surface area (Å²) in [5, 5.41) is 27.8. The highest BCUT2D eigenvalue weighted by atomic mass is 32.1. The maximum atomic E-state index is 13.6. The van der Waals surface area contributed by atoms with Gasteiger partial charge in [-0.15, -0.1) is 11.3 Å². The predicted octanol–water partition coefficient (Wildman–Crippen LogP) is 3.08. The van der Waals surface area contributed by atoms with Crippen molar-refractivity contribution in [3.8, 4) is 16.2 Å². The van der Waals surface area contributed by atoms with Crippen LogP contribution < -0.4 is 15.4 Å². The van der Waals surface area contributed by atoms with E-state index in [-0.39, 0.29) is 38.1 Å². The van der Waals surface area contributed by atoms with E-state index in [1.165, 1.54) is 11.3 Å². The third-order valence-corrected chi connectivity index (χ3v) is 8.06. The quantitative estimate of drug-likeness (QED) is 0.234. The van der Waals surface area contributed by atoms with Crippen molar-refractivity contribution in [2.45, 2.75) is 52.1 Å². The number of carbonyl (C=O) groups is 3. The van der Waals surface area contributed by atoms with Crippen molar-refractivity contribution in [1.82, 2.24) is 25.7 Å². The van der Waals surface area contributed by atoms with Gasteiger partial charge < -0.3 is 35.0 Å². The van der Waals surface area contributed by atoms with Crippen molar-refractivity contribution < 1.29 is 33.9 Å². The first-order valence-corrected chi connectivity index (χ1v) is 14.3. The number of aryl methyl sites for hydroxylation is 2. The minimum absolute atomic E-state index is 0.0994. The van der Waals surface area contributed by atoms with Gasteiger partial charge in [-0.1, -0.05) is 24.2 Å². The summed E-state index contributed by atoms with van der Waals surface area (Å²) in [6.45, 7) is 6.00. The Morgan fingerprint density at radius 3 is 2.71 bits per heavy atom. The maximum absolute atomic E-state index is 13.6. The second-order valence-electron chi connectivity index (χ2n) is 10.1. The van der Waals surface area contributed by atoms with Crippen LogP contribution >= 0.6 is 11.3 Å². The van der Waals surface area contributed by atoms with Gasteiger partial charge in [0.1, 0.15) is 30.1 Å². The molecule has 0 saturated carbocycles. The number of thiazole rings is 1. The molecular formula is C28H35N5O7S. The Balaban J connectivity index is 1.48. The monoisotopic (exact) mass is 585 g/mol. The molecule has 0 spiro atoms. The molecule has 220 valence electrons. The van der Waals surface area contributed by atoms with Crippen LogP contribution in [-0.4, -0.2) is 75.5 Å². The standard InChI is InChI=1S/C28H35N5O7S/c1-16(14-34)24(23-11-17(2)32-40-23)27(36)33-9-4-5-21(33)26(35)30-13-20-7-6-19(25-18(3)31-15-41-25)12-22(20)39-10-8-29-28(37)38/h6-7,11-12,15-16,21,24,29,34H,4-5,8-10,13-14H2,1-3H3,(H,30,35)(H,37,38)/t16?,21?,24-/m0/s1. The minimum atomic E-state index is -1.14. The number of nitrogens with one attached hydrogen (secondary N) is 2. The molecule has 0 radical (unpaired) electrons. The highest BCUT2D eigenvalue weighted by Gasteiger charge is 2.40. The van der Waals surface area contributed by atoms with E-state index >= 15 is 0 Å². The van der Waals surface area contributed by atoms with Crippen molar-refractivity contribution in [3.63, 3.8) is 0 Å². The zero-order chi connectivity index (χ0) is 29.5. The van der Waals surface area contributed by atoms with Crippen LogP contribution in [-0.2, 0) is 16.1 Å². The lowest BCUT2D eigenvalue weighted by Gasteiger charge is -2.29. The lowest BCUT2D eigenvalue weighted by Crippen LogP contribution is -2.48. The highest BCUT2D eigenvalue weighted by Crippen LogP contribution is 2.33. The van der Waals surface area contributed by atoms with E-state index in [9.17, 15) is 19.5 Å². The highest BCUT2D eigenvalue weighted by molar-refractivity contribution is 7.13. The van der Waals surface area contributed by atoms with E-state index in [0.29, 0.717) is 42.2 Å². The van der Waals surface area contributed by atoms with E-state index in [2.05, 4.69) is 20.8 Å². The topological polar surface area (TPSA) is 167 Å². The van der Waals surface area contributed by atoms with Gasteiger partial charge in [0.05, 0.1) is 28.3 Å². The number of nitrogens with zero attached hydrogens (tertiary/aromatic N) is 3. The van der Waals surface area contributed by atoms with Crippen LogP contribution in [0.2, 0.25) is 0 Å². The van der Waals surface area contributed by atoms with Gasteiger partial charge >= 0.3 is 6.09 Å². The van der Waals surface area contributed by atoms with Gasteiger partial charge in [0.15, 0.2) is 0 Å². The number of carboxylic acid groups (broad SMARTS) is 1. The smallest absolute Gasteiger partial charge is 0.404 e. The van der Waals surface area contributed by atoms with Gasteiger partial charge in [-0.3, -0.25) is 9.59 Å². The number of ether oxygens (including phenoxy) is 1. The van der Waals surface area contributed by atoms with Crippen LogP contribution in [0.3, 0.4) is 0 Å². The number of hydrogen-bond donors (Lipinski definition) is 4. The Morgan fingerprint density at radius 1 is 1.24 bits per heavy atom. The van der Waals surface area contributed by atoms with Gasteiger partial charge in [-0.2, -0.15) is 0 Å². The first kappa shape index (κ1) is 30.0. The number of aromatic nitrogens is 2. The zero-order valence-corrected chi connectivity index (χ0v) is 24.1. The van der Waals surface area contributed by atoms with Crippen LogP contribution in [0, 0.1) is 19.8 Å². The molecule has 12 nitrogen and oxygen atoms in total. The summed E-state index contributed by atoms with van der Waals surface area (Å²) in [5.41, 5.74) is 4.89. The Kier molecular flexibility index (Phi) is 9.95. The number of aliphatic hydroxyl groups excluding tert-OH is 1. The van der Waals surface area contributed by atoms with Crippen molar-refractivity contribution in [1.29, 1.82) is 0 Å². The largest absolute Gasteiger partial charge is 0.491 e. The number of rotatable bonds is 12. The molecule has 3 amide bonds. The van der Waals surface area contributed by atoms with Crippen LogP contribution in [0.5, 0.6) is 5.75 Å². The van der Waals surface area contributed by atoms with Gasteiger partial charge in [-0.25, -0.2) is 9.78 Å². The molecule has 0 aliphatic carbocycles. The van der Waals surface area contributed by atoms with Crippen LogP contribution in [0.15, 0.2) is 34.3 Å². The molecule has 3 atom stereocenters. The molecule has 1 aliphatic heterocycles. The third-order valence-electron chi connectivity index (χ3n) is 7.08. The van der Waals surface area contributed by atoms with E-state index in [1.54, 1.807) is 30.3 Å². The lowest BCUT2D eigenvalue weighted by molar-refractivity contribution is -0.141. The fourth-order valence-corrected chi connectivity index (χ4v) is 5.74. The first-order chi connectivity index (χ1) is 19.7. The Hall–Kier alpha value is -3.97. The van der Waals surface area contributed by atoms with E-state index < -0.39 is 24.0 Å². The van der Waals surface area contributed by atoms with E-state index in [0.717, 1.165) is 16.1 Å². The molecule has 4 rings (SSSR count). The van der Waals surface area contributed by atoms with Gasteiger partial charge in [0, 0.05) is 31.3 Å². The number of benzene rings is 1. The Labute approximate surface area is 241 Å². The second-order valence-corrected chi connectivity index (χ2v) is 10.9. The summed E-state index contributed by atoms with van der Waals surface area (Å²) in [7, 11) is 0. The SMILES string of the molecule is Cc1cc([C@@H](C(=O)N2CCCC2C(=O)NCc2ccc(-c3scnc3C)cc2OCCNC(=O)O)C(C)CO)on1. The van der Waals surface area contributed by atoms with Crippen molar-refractivity contribution in [2.24, 2.45) is 5.92 Å². The van der Waals surface area contributed by atoms with E-state index in [1.807, 2.05) is 25.1 Å². The molecule has 3 aromatic rings. The molecule has 41 heavy (non-hydrogen) atoms. The summed E-state index contributed by atoms with van der Waals surface area (Å²) in [6.07, 6.45) is 0.0498. The summed E-state index contributed by atoms with van der Waals surface area (Å²) in [6, 6.07) is 6.66. The summed E-state index contributed by atoms with van der Waals surface area (Å²) < 4.78 is 11.3. The summed E-state index contributed by atoms with van der Waals surface area (Å²) in [5.74, 6) is -0.859. The lowest BCUT2D eigenvalue weighted by atomic mass is 9.90. The zero-order valence-electron chi connectivity index (χ0n) is 23.3. The fraction of sp³-hybridized carbons (Fsp3) is 0.464. The van der Waals surface area contributed by atoms with Crippen molar-refractivity contribution in [2.75, 3.05) is 26.3 Å². The first-order valence-electron chi connectivity index (χ1n) is 13.4. The number of hydrogen-bond acceptors (Lipinski definition) is 9. The molecule has 3 heterocycles. The Bertz CT molecular complexity index is 1370. The van der Waals surface area contributed by atoms with Crippen LogP contribution in [0.1, 0.15) is 48.4 Å². The Morgan fingerprint density at radius 2 is 2.05 bits per heavy atom. The van der Waals surface area contributed by atoms with Crippen LogP contribution in [0.25, 0.3) is 10.4 Å². The number of carbonyl (C=O) groups excluding carboxylic acids is 2. The number of aliphatic hydroxyl groups is 1. The molecule has 1 aromatic carbocycles. The number of likely N-dealkylation sites (tertiary alicyclic amines) is 1. The van der Waals surface area contributed by atoms with Gasteiger partial charge in [0.2, 0.25) is 11.8 Å². The van der Waals surface area contributed by atoms with Gasteiger partial charge in [-0.05, 0) is 44.2 Å². The van der Waals surface area contributed by atoms with Crippen molar-refractivity contribution in [3.05, 3.63) is 52.5 Å². The third kappa shape index (κ3) is 7.22. The summed E-state index contributed by atoms with van der Waals surface area (Å²) >= 11 is 1.50. The van der Waals surface area contributed by atoms with E-state index in [4.69, 9.17) is 14.4 Å². The van der Waals surface area contributed by atoms with Crippen molar-refractivity contribution >= 4 is 29.2 Å². The molecule has 4 N–H and O–H groups in total. The van der Waals surface area contributed by atoms with Crippen LogP contribution in [0.4, 0.5) is 4.79 Å². The maximum Gasteiger partial charge on any atom is 0.404 e. The molecule has 0 bridgehead atoms. The molecule has 1 fully saturated rings. The van der Waals surface area contributed by atoms with Gasteiger partial charge in [0.25, 0.3) is 0 Å². The fourth-order valence-electron chi connectivity index (χ4n) is 4.94. The molecular weight excluding hydrogens is 550 g/mol. The molecule has 1 saturated heterocycles. The molecule has 2 aromatic heterocycles. The predicted molar refractivity (Wildman–Crippen MR) is 151 cm³/mol.